The van der Waals surface area contributed by atoms with Crippen molar-refractivity contribution in [2.45, 2.75) is 19.4 Å². The SMILES string of the molecule is CC(=O)c1ccc(OCC(=O)N2CCOC(Cc3ccccc3)C2)cc1. The lowest BCUT2D eigenvalue weighted by molar-refractivity contribution is -0.140. The number of Topliss-reactive ketones (excluding diaryl/α,β-unsaturated/α-hetero) is 1. The quantitative estimate of drug-likeness (QED) is 0.750. The van der Waals surface area contributed by atoms with Gasteiger partial charge in [-0.15, -0.1) is 0 Å². The van der Waals surface area contributed by atoms with Gasteiger partial charge >= 0.3 is 0 Å². The maximum absolute atomic E-state index is 12.4. The Hall–Kier alpha value is -2.66. The monoisotopic (exact) mass is 353 g/mol. The molecule has 136 valence electrons. The van der Waals surface area contributed by atoms with Crippen LogP contribution in [0.2, 0.25) is 0 Å². The zero-order valence-corrected chi connectivity index (χ0v) is 14.9. The zero-order valence-electron chi connectivity index (χ0n) is 14.9. The van der Waals surface area contributed by atoms with Gasteiger partial charge in [0.1, 0.15) is 5.75 Å². The summed E-state index contributed by atoms with van der Waals surface area (Å²) in [6, 6.07) is 17.0. The van der Waals surface area contributed by atoms with Crippen LogP contribution in [0.4, 0.5) is 0 Å². The van der Waals surface area contributed by atoms with Crippen molar-refractivity contribution in [3.8, 4) is 5.75 Å². The third-order valence-corrected chi connectivity index (χ3v) is 4.42. The van der Waals surface area contributed by atoms with Crippen molar-refractivity contribution in [1.29, 1.82) is 0 Å². The van der Waals surface area contributed by atoms with Gasteiger partial charge < -0.3 is 14.4 Å². The Labute approximate surface area is 153 Å². The maximum Gasteiger partial charge on any atom is 0.260 e. The molecule has 0 saturated carbocycles. The summed E-state index contributed by atoms with van der Waals surface area (Å²) in [7, 11) is 0. The zero-order chi connectivity index (χ0) is 18.4. The van der Waals surface area contributed by atoms with Crippen LogP contribution in [0.1, 0.15) is 22.8 Å². The predicted octanol–water partition coefficient (Wildman–Crippen LogP) is 2.74. The third kappa shape index (κ3) is 4.92. The van der Waals surface area contributed by atoms with E-state index < -0.39 is 0 Å². The molecule has 0 spiro atoms. The molecule has 0 aromatic heterocycles. The van der Waals surface area contributed by atoms with Crippen LogP contribution in [-0.2, 0) is 16.0 Å². The van der Waals surface area contributed by atoms with Crippen LogP contribution >= 0.6 is 0 Å². The maximum atomic E-state index is 12.4. The lowest BCUT2D eigenvalue weighted by atomic mass is 10.1. The minimum Gasteiger partial charge on any atom is -0.484 e. The normalized spacial score (nSPS) is 17.0. The van der Waals surface area contributed by atoms with Gasteiger partial charge in [-0.25, -0.2) is 0 Å². The molecule has 5 heteroatoms. The smallest absolute Gasteiger partial charge is 0.260 e. The van der Waals surface area contributed by atoms with Crippen molar-refractivity contribution in [2.24, 2.45) is 0 Å². The first-order chi connectivity index (χ1) is 12.6. The first-order valence-corrected chi connectivity index (χ1v) is 8.79. The molecule has 1 saturated heterocycles. The number of benzene rings is 2. The van der Waals surface area contributed by atoms with Crippen molar-refractivity contribution in [1.82, 2.24) is 4.90 Å². The lowest BCUT2D eigenvalue weighted by Gasteiger charge is -2.33. The molecule has 2 aromatic rings. The van der Waals surface area contributed by atoms with Crippen molar-refractivity contribution in [3.63, 3.8) is 0 Å². The van der Waals surface area contributed by atoms with Crippen LogP contribution < -0.4 is 4.74 Å². The van der Waals surface area contributed by atoms with E-state index in [2.05, 4.69) is 12.1 Å². The van der Waals surface area contributed by atoms with Crippen LogP contribution in [0.5, 0.6) is 5.75 Å². The average Bonchev–Trinajstić information content (AvgIpc) is 2.67. The molecule has 1 fully saturated rings. The lowest BCUT2D eigenvalue weighted by Crippen LogP contribution is -2.47. The molecule has 3 rings (SSSR count). The van der Waals surface area contributed by atoms with Crippen molar-refractivity contribution < 1.29 is 19.1 Å². The number of hydrogen-bond acceptors (Lipinski definition) is 4. The standard InChI is InChI=1S/C21H23NO4/c1-16(23)18-7-9-19(10-8-18)26-15-21(24)22-11-12-25-20(14-22)13-17-5-3-2-4-6-17/h2-10,20H,11-15H2,1H3. The van der Waals surface area contributed by atoms with Crippen LogP contribution in [0.25, 0.3) is 0 Å². The summed E-state index contributed by atoms with van der Waals surface area (Å²) >= 11 is 0. The molecule has 5 nitrogen and oxygen atoms in total. The van der Waals surface area contributed by atoms with Gasteiger partial charge in [-0.1, -0.05) is 30.3 Å². The van der Waals surface area contributed by atoms with E-state index in [-0.39, 0.29) is 24.4 Å². The molecule has 26 heavy (non-hydrogen) atoms. The van der Waals surface area contributed by atoms with E-state index in [0.717, 1.165) is 6.42 Å². The van der Waals surface area contributed by atoms with Crippen molar-refractivity contribution >= 4 is 11.7 Å². The van der Waals surface area contributed by atoms with Gasteiger partial charge in [0.2, 0.25) is 0 Å². The number of ketones is 1. The van der Waals surface area contributed by atoms with E-state index in [1.807, 2.05) is 18.2 Å². The van der Waals surface area contributed by atoms with Crippen LogP contribution in [0, 0.1) is 0 Å². The summed E-state index contributed by atoms with van der Waals surface area (Å²) in [4.78, 5) is 25.5. The molecule has 1 aliphatic heterocycles. The van der Waals surface area contributed by atoms with Gasteiger partial charge in [-0.3, -0.25) is 9.59 Å². The topological polar surface area (TPSA) is 55.8 Å². The van der Waals surface area contributed by atoms with E-state index in [4.69, 9.17) is 9.47 Å². The van der Waals surface area contributed by atoms with Crippen molar-refractivity contribution in [2.75, 3.05) is 26.3 Å². The van der Waals surface area contributed by atoms with E-state index in [1.54, 1.807) is 29.2 Å². The Balaban J connectivity index is 1.50. The number of morpholine rings is 1. The molecule has 1 unspecified atom stereocenters. The second-order valence-corrected chi connectivity index (χ2v) is 6.39. The summed E-state index contributed by atoms with van der Waals surface area (Å²) < 4.78 is 11.4. The summed E-state index contributed by atoms with van der Waals surface area (Å²) in [6.07, 6.45) is 0.794. The van der Waals surface area contributed by atoms with E-state index in [1.165, 1.54) is 12.5 Å². The Morgan fingerprint density at radius 3 is 2.54 bits per heavy atom. The molecule has 1 amide bonds. The first kappa shape index (κ1) is 18.1. The molecule has 0 N–H and O–H groups in total. The number of nitrogens with zero attached hydrogens (tertiary/aromatic N) is 1. The summed E-state index contributed by atoms with van der Waals surface area (Å²) in [5, 5.41) is 0. The first-order valence-electron chi connectivity index (χ1n) is 8.79. The molecule has 1 heterocycles. The molecule has 1 atom stereocenters. The molecule has 1 aliphatic rings. The Kier molecular flexibility index (Phi) is 6.02. The highest BCUT2D eigenvalue weighted by molar-refractivity contribution is 5.94. The average molecular weight is 353 g/mol. The van der Waals surface area contributed by atoms with Crippen LogP contribution in [-0.4, -0.2) is 49.0 Å². The number of carbonyl (C=O) groups excluding carboxylic acids is 2. The molecule has 0 radical (unpaired) electrons. The Bertz CT molecular complexity index is 742. The largest absolute Gasteiger partial charge is 0.484 e. The summed E-state index contributed by atoms with van der Waals surface area (Å²) in [5.41, 5.74) is 1.83. The van der Waals surface area contributed by atoms with Crippen LogP contribution in [0.15, 0.2) is 54.6 Å². The second-order valence-electron chi connectivity index (χ2n) is 6.39. The minimum absolute atomic E-state index is 0.00458. The Morgan fingerprint density at radius 1 is 1.12 bits per heavy atom. The molecular weight excluding hydrogens is 330 g/mol. The fourth-order valence-electron chi connectivity index (χ4n) is 2.97. The van der Waals surface area contributed by atoms with Gasteiger partial charge in [-0.2, -0.15) is 0 Å². The highest BCUT2D eigenvalue weighted by Crippen LogP contribution is 2.14. The fourth-order valence-corrected chi connectivity index (χ4v) is 2.97. The molecule has 0 bridgehead atoms. The Morgan fingerprint density at radius 2 is 1.85 bits per heavy atom. The summed E-state index contributed by atoms with van der Waals surface area (Å²) in [6.45, 7) is 3.19. The molecule has 2 aromatic carbocycles. The van der Waals surface area contributed by atoms with E-state index in [9.17, 15) is 9.59 Å². The van der Waals surface area contributed by atoms with Gasteiger partial charge in [0.05, 0.1) is 12.7 Å². The van der Waals surface area contributed by atoms with E-state index in [0.29, 0.717) is 31.0 Å². The van der Waals surface area contributed by atoms with Gasteiger partial charge in [0.25, 0.3) is 5.91 Å². The fraction of sp³-hybridized carbons (Fsp3) is 0.333. The van der Waals surface area contributed by atoms with E-state index >= 15 is 0 Å². The molecular formula is C21H23NO4. The number of rotatable bonds is 6. The highest BCUT2D eigenvalue weighted by atomic mass is 16.5. The molecule has 0 aliphatic carbocycles. The van der Waals surface area contributed by atoms with Gasteiger partial charge in [0.15, 0.2) is 12.4 Å². The third-order valence-electron chi connectivity index (χ3n) is 4.42. The van der Waals surface area contributed by atoms with Crippen molar-refractivity contribution in [3.05, 3.63) is 65.7 Å². The predicted molar refractivity (Wildman–Crippen MR) is 98.4 cm³/mol. The summed E-state index contributed by atoms with van der Waals surface area (Å²) in [5.74, 6) is 0.532. The second kappa shape index (κ2) is 8.63. The number of ether oxygens (including phenoxy) is 2. The number of hydrogen-bond donors (Lipinski definition) is 0. The highest BCUT2D eigenvalue weighted by Gasteiger charge is 2.24. The number of amides is 1. The van der Waals surface area contributed by atoms with Gasteiger partial charge in [0, 0.05) is 25.1 Å². The van der Waals surface area contributed by atoms with Gasteiger partial charge in [-0.05, 0) is 36.8 Å². The van der Waals surface area contributed by atoms with Crippen LogP contribution in [0.3, 0.4) is 0 Å². The minimum atomic E-state index is -0.0537. The number of carbonyl (C=O) groups is 2.